The van der Waals surface area contributed by atoms with Gasteiger partial charge in [-0.2, -0.15) is 0 Å². The Morgan fingerprint density at radius 3 is 2.58 bits per heavy atom. The van der Waals surface area contributed by atoms with Crippen molar-refractivity contribution in [1.29, 1.82) is 0 Å². The van der Waals surface area contributed by atoms with Crippen LogP contribution in [0.2, 0.25) is 5.02 Å². The standard InChI is InChI=1S/C15H13ClFNO/c1-2-18(15-6-4-3-5-14(15)17)12-8-7-11(10-19)13(16)9-12/h3-10H,2H2,1H3. The van der Waals surface area contributed by atoms with Crippen LogP contribution in [0.15, 0.2) is 42.5 Å². The summed E-state index contributed by atoms with van der Waals surface area (Å²) >= 11 is 6.01. The van der Waals surface area contributed by atoms with Crippen molar-refractivity contribution in [1.82, 2.24) is 0 Å². The number of benzene rings is 2. The maximum atomic E-state index is 13.8. The van der Waals surface area contributed by atoms with E-state index in [1.807, 2.05) is 6.92 Å². The number of hydrogen-bond donors (Lipinski definition) is 0. The van der Waals surface area contributed by atoms with Gasteiger partial charge >= 0.3 is 0 Å². The van der Waals surface area contributed by atoms with Crippen molar-refractivity contribution in [2.45, 2.75) is 6.92 Å². The van der Waals surface area contributed by atoms with Gasteiger partial charge in [-0.25, -0.2) is 4.39 Å². The van der Waals surface area contributed by atoms with E-state index in [0.717, 1.165) is 5.69 Å². The average molecular weight is 278 g/mol. The molecule has 0 aliphatic rings. The number of hydrogen-bond acceptors (Lipinski definition) is 2. The molecular formula is C15H13ClFNO. The minimum absolute atomic E-state index is 0.292. The Morgan fingerprint density at radius 2 is 2.00 bits per heavy atom. The Bertz CT molecular complexity index is 600. The topological polar surface area (TPSA) is 20.3 Å². The normalized spacial score (nSPS) is 10.3. The fraction of sp³-hybridized carbons (Fsp3) is 0.133. The summed E-state index contributed by atoms with van der Waals surface area (Å²) in [5.41, 5.74) is 1.66. The number of rotatable bonds is 4. The van der Waals surface area contributed by atoms with Crippen molar-refractivity contribution < 1.29 is 9.18 Å². The van der Waals surface area contributed by atoms with Gasteiger partial charge in [0, 0.05) is 17.8 Å². The van der Waals surface area contributed by atoms with Crippen LogP contribution in [0.4, 0.5) is 15.8 Å². The van der Waals surface area contributed by atoms with Gasteiger partial charge in [0.1, 0.15) is 5.82 Å². The van der Waals surface area contributed by atoms with Crippen molar-refractivity contribution >= 4 is 29.3 Å². The van der Waals surface area contributed by atoms with Crippen LogP contribution in [0.3, 0.4) is 0 Å². The molecule has 0 saturated heterocycles. The molecule has 0 saturated carbocycles. The molecule has 0 fully saturated rings. The number of carbonyl (C=O) groups excluding carboxylic acids is 1. The predicted molar refractivity (Wildman–Crippen MR) is 75.9 cm³/mol. The first-order valence-corrected chi connectivity index (χ1v) is 6.32. The van der Waals surface area contributed by atoms with E-state index in [1.54, 1.807) is 41.3 Å². The summed E-state index contributed by atoms with van der Waals surface area (Å²) in [5, 5.41) is 0.363. The fourth-order valence-corrected chi connectivity index (χ4v) is 2.16. The Kier molecular flexibility index (Phi) is 4.17. The SMILES string of the molecule is CCN(c1ccc(C=O)c(Cl)c1)c1ccccc1F. The van der Waals surface area contributed by atoms with E-state index < -0.39 is 0 Å². The van der Waals surface area contributed by atoms with Gasteiger partial charge in [0.15, 0.2) is 6.29 Å². The molecule has 0 spiro atoms. The lowest BCUT2D eigenvalue weighted by atomic mass is 10.2. The van der Waals surface area contributed by atoms with E-state index in [-0.39, 0.29) is 5.82 Å². The minimum atomic E-state index is -0.292. The lowest BCUT2D eigenvalue weighted by molar-refractivity contribution is 0.112. The summed E-state index contributed by atoms with van der Waals surface area (Å²) in [5.74, 6) is -0.292. The van der Waals surface area contributed by atoms with Crippen LogP contribution in [0.1, 0.15) is 17.3 Å². The van der Waals surface area contributed by atoms with Gasteiger partial charge in [-0.05, 0) is 37.3 Å². The highest BCUT2D eigenvalue weighted by Crippen LogP contribution is 2.30. The molecule has 0 radical (unpaired) electrons. The molecule has 2 aromatic rings. The second-order valence-corrected chi connectivity index (χ2v) is 4.43. The van der Waals surface area contributed by atoms with Gasteiger partial charge in [-0.3, -0.25) is 4.79 Å². The number of aldehydes is 1. The van der Waals surface area contributed by atoms with Crippen LogP contribution in [-0.4, -0.2) is 12.8 Å². The Hall–Kier alpha value is -1.87. The second-order valence-electron chi connectivity index (χ2n) is 4.02. The molecule has 0 N–H and O–H groups in total. The Morgan fingerprint density at radius 1 is 1.26 bits per heavy atom. The molecule has 19 heavy (non-hydrogen) atoms. The largest absolute Gasteiger partial charge is 0.339 e. The fourth-order valence-electron chi connectivity index (χ4n) is 1.94. The molecule has 0 atom stereocenters. The number of carbonyl (C=O) groups is 1. The summed E-state index contributed by atoms with van der Waals surface area (Å²) in [6.45, 7) is 2.52. The Balaban J connectivity index is 2.46. The zero-order valence-electron chi connectivity index (χ0n) is 10.4. The van der Waals surface area contributed by atoms with Gasteiger partial charge in [0.25, 0.3) is 0 Å². The molecule has 2 nitrogen and oxygen atoms in total. The molecule has 0 aromatic heterocycles. The summed E-state index contributed by atoms with van der Waals surface area (Å²) in [6.07, 6.45) is 0.700. The molecule has 4 heteroatoms. The lowest BCUT2D eigenvalue weighted by Crippen LogP contribution is -2.17. The van der Waals surface area contributed by atoms with Crippen molar-refractivity contribution in [2.24, 2.45) is 0 Å². The molecular weight excluding hydrogens is 265 g/mol. The van der Waals surface area contributed by atoms with Gasteiger partial charge in [-0.1, -0.05) is 23.7 Å². The molecule has 0 bridgehead atoms. The van der Waals surface area contributed by atoms with E-state index in [2.05, 4.69) is 0 Å². The van der Waals surface area contributed by atoms with Crippen molar-refractivity contribution in [3.63, 3.8) is 0 Å². The van der Waals surface area contributed by atoms with E-state index >= 15 is 0 Å². The number of halogens is 2. The molecule has 0 aliphatic carbocycles. The highest BCUT2D eigenvalue weighted by Gasteiger charge is 2.12. The lowest BCUT2D eigenvalue weighted by Gasteiger charge is -2.24. The van der Waals surface area contributed by atoms with Gasteiger partial charge < -0.3 is 4.90 Å². The number of nitrogens with zero attached hydrogens (tertiary/aromatic N) is 1. The van der Waals surface area contributed by atoms with Crippen LogP contribution < -0.4 is 4.90 Å². The van der Waals surface area contributed by atoms with E-state index in [0.29, 0.717) is 29.1 Å². The van der Waals surface area contributed by atoms with Crippen molar-refractivity contribution in [3.05, 3.63) is 58.9 Å². The molecule has 98 valence electrons. The molecule has 0 amide bonds. The van der Waals surface area contributed by atoms with Crippen LogP contribution in [0.5, 0.6) is 0 Å². The summed E-state index contributed by atoms with van der Waals surface area (Å²) in [6, 6.07) is 11.6. The molecule has 2 rings (SSSR count). The number of para-hydroxylation sites is 1. The first-order valence-electron chi connectivity index (χ1n) is 5.94. The zero-order chi connectivity index (χ0) is 13.8. The van der Waals surface area contributed by atoms with E-state index in [4.69, 9.17) is 11.6 Å². The van der Waals surface area contributed by atoms with Gasteiger partial charge in [-0.15, -0.1) is 0 Å². The summed E-state index contributed by atoms with van der Waals surface area (Å²) in [4.78, 5) is 12.5. The molecule has 0 aliphatic heterocycles. The summed E-state index contributed by atoms with van der Waals surface area (Å²) < 4.78 is 13.8. The third-order valence-corrected chi connectivity index (χ3v) is 3.21. The maximum absolute atomic E-state index is 13.8. The minimum Gasteiger partial charge on any atom is -0.339 e. The third kappa shape index (κ3) is 2.76. The average Bonchev–Trinajstić information content (AvgIpc) is 2.42. The van der Waals surface area contributed by atoms with Crippen LogP contribution >= 0.6 is 11.6 Å². The zero-order valence-corrected chi connectivity index (χ0v) is 11.2. The van der Waals surface area contributed by atoms with Crippen LogP contribution in [0, 0.1) is 5.82 Å². The Labute approximate surface area is 116 Å². The van der Waals surface area contributed by atoms with Gasteiger partial charge in [0.2, 0.25) is 0 Å². The van der Waals surface area contributed by atoms with Gasteiger partial charge in [0.05, 0.1) is 10.7 Å². The van der Waals surface area contributed by atoms with E-state index in [9.17, 15) is 9.18 Å². The second kappa shape index (κ2) is 5.85. The van der Waals surface area contributed by atoms with Crippen molar-refractivity contribution in [3.8, 4) is 0 Å². The molecule has 2 aromatic carbocycles. The summed E-state index contributed by atoms with van der Waals surface area (Å²) in [7, 11) is 0. The smallest absolute Gasteiger partial charge is 0.151 e. The number of anilines is 2. The molecule has 0 unspecified atom stereocenters. The highest BCUT2D eigenvalue weighted by atomic mass is 35.5. The maximum Gasteiger partial charge on any atom is 0.151 e. The monoisotopic (exact) mass is 277 g/mol. The van der Waals surface area contributed by atoms with Crippen molar-refractivity contribution in [2.75, 3.05) is 11.4 Å². The molecule has 0 heterocycles. The first-order chi connectivity index (χ1) is 9.17. The quantitative estimate of drug-likeness (QED) is 0.770. The first kappa shape index (κ1) is 13.6. The highest BCUT2D eigenvalue weighted by molar-refractivity contribution is 6.33. The third-order valence-electron chi connectivity index (χ3n) is 2.88. The predicted octanol–water partition coefficient (Wildman–Crippen LogP) is 4.45. The van der Waals surface area contributed by atoms with E-state index in [1.165, 1.54) is 6.07 Å². The van der Waals surface area contributed by atoms with Crippen LogP contribution in [-0.2, 0) is 0 Å². The van der Waals surface area contributed by atoms with Crippen LogP contribution in [0.25, 0.3) is 0 Å².